The zero-order chi connectivity index (χ0) is 36.7. The molecule has 3 fully saturated rings. The van der Waals surface area contributed by atoms with Crippen LogP contribution in [0.2, 0.25) is 0 Å². The summed E-state index contributed by atoms with van der Waals surface area (Å²) in [7, 11) is -3.87. The first kappa shape index (κ1) is 35.2. The van der Waals surface area contributed by atoms with Crippen LogP contribution in [0.3, 0.4) is 0 Å². The second-order valence-corrected chi connectivity index (χ2v) is 17.4. The molecule has 14 heteroatoms. The van der Waals surface area contributed by atoms with E-state index in [0.29, 0.717) is 42.7 Å². The maximum atomic E-state index is 14.5. The van der Waals surface area contributed by atoms with Crippen LogP contribution in [0.15, 0.2) is 83.4 Å². The molecule has 3 heterocycles. The number of fused-ring (bicyclic) bond motifs is 5. The molecule has 3 aliphatic carbocycles. The van der Waals surface area contributed by atoms with Gasteiger partial charge in [0.2, 0.25) is 21.8 Å². The van der Waals surface area contributed by atoms with Crippen molar-refractivity contribution in [2.75, 3.05) is 6.54 Å². The number of amides is 4. The maximum absolute atomic E-state index is 14.5. The summed E-state index contributed by atoms with van der Waals surface area (Å²) in [6, 6.07) is 17.3. The van der Waals surface area contributed by atoms with E-state index in [4.69, 9.17) is 4.84 Å². The second-order valence-electron chi connectivity index (χ2n) is 14.5. The van der Waals surface area contributed by atoms with Crippen molar-refractivity contribution in [1.29, 1.82) is 0 Å². The van der Waals surface area contributed by atoms with Crippen molar-refractivity contribution in [3.63, 3.8) is 0 Å². The number of carbonyl (C=O) groups is 4. The highest BCUT2D eigenvalue weighted by Gasteiger charge is 2.62. The normalized spacial score (nSPS) is 27.5. The number of hydrogen-bond acceptors (Lipinski definition) is 9. The number of rotatable bonds is 7. The lowest BCUT2D eigenvalue weighted by Gasteiger charge is -2.29. The number of hydrogen-bond donors (Lipinski definition) is 3. The molecule has 53 heavy (non-hydrogen) atoms. The number of nitrogens with zero attached hydrogens (tertiary/aromatic N) is 2. The number of oxime groups is 1. The Balaban J connectivity index is 1.10. The van der Waals surface area contributed by atoms with Gasteiger partial charge in [-0.2, -0.15) is 0 Å². The summed E-state index contributed by atoms with van der Waals surface area (Å²) < 4.78 is 27.9. The SMILES string of the molecule is O=C(N[C@H]1CCCCC/C=C\C2C[C@@]2(C(=O)NS(=O)(=O)C2CC2)NC(=O)[C@@H]2C[C@@H](ON=C3c4ccccc4-c4ccccc43)CN2C1=O)c1cccs1. The Bertz CT molecular complexity index is 2060. The van der Waals surface area contributed by atoms with Crippen LogP contribution < -0.4 is 15.4 Å². The average molecular weight is 756 g/mol. The molecule has 2 aliphatic heterocycles. The summed E-state index contributed by atoms with van der Waals surface area (Å²) in [5.74, 6) is -2.57. The second kappa shape index (κ2) is 14.2. The molecule has 0 bridgehead atoms. The summed E-state index contributed by atoms with van der Waals surface area (Å²) >= 11 is 1.27. The highest BCUT2D eigenvalue weighted by Crippen LogP contribution is 2.46. The first-order valence-corrected chi connectivity index (χ1v) is 20.7. The molecule has 2 aromatic carbocycles. The van der Waals surface area contributed by atoms with E-state index in [9.17, 15) is 27.6 Å². The molecule has 8 rings (SSSR count). The third-order valence-corrected chi connectivity index (χ3v) is 13.5. The number of allylic oxidation sites excluding steroid dienone is 1. The van der Waals surface area contributed by atoms with Gasteiger partial charge in [-0.1, -0.05) is 84.7 Å². The van der Waals surface area contributed by atoms with Crippen LogP contribution in [0.4, 0.5) is 0 Å². The van der Waals surface area contributed by atoms with Crippen molar-refractivity contribution in [2.24, 2.45) is 11.1 Å². The van der Waals surface area contributed by atoms with Crippen LogP contribution in [0.1, 0.15) is 78.6 Å². The van der Waals surface area contributed by atoms with E-state index in [2.05, 4.69) is 20.5 Å². The summed E-state index contributed by atoms with van der Waals surface area (Å²) in [5.41, 5.74) is 3.06. The van der Waals surface area contributed by atoms with E-state index in [1.807, 2.05) is 60.7 Å². The third-order valence-electron chi connectivity index (χ3n) is 10.8. The Morgan fingerprint density at radius 1 is 0.925 bits per heavy atom. The van der Waals surface area contributed by atoms with Crippen LogP contribution >= 0.6 is 11.3 Å². The topological polar surface area (TPSA) is 163 Å². The molecule has 0 spiro atoms. The quantitative estimate of drug-likeness (QED) is 0.187. The van der Waals surface area contributed by atoms with Gasteiger partial charge in [-0.3, -0.25) is 23.9 Å². The predicted octanol–water partition coefficient (Wildman–Crippen LogP) is 4.27. The monoisotopic (exact) mass is 755 g/mol. The molecule has 0 radical (unpaired) electrons. The Hall–Kier alpha value is -4.82. The minimum atomic E-state index is -3.87. The van der Waals surface area contributed by atoms with E-state index in [1.54, 1.807) is 17.5 Å². The summed E-state index contributed by atoms with van der Waals surface area (Å²) in [4.78, 5) is 63.9. The van der Waals surface area contributed by atoms with Crippen molar-refractivity contribution in [1.82, 2.24) is 20.3 Å². The van der Waals surface area contributed by atoms with Gasteiger partial charge < -0.3 is 20.4 Å². The van der Waals surface area contributed by atoms with Crippen LogP contribution in [0.5, 0.6) is 0 Å². The molecule has 5 atom stereocenters. The van der Waals surface area contributed by atoms with Gasteiger partial charge in [-0.25, -0.2) is 8.42 Å². The van der Waals surface area contributed by atoms with E-state index >= 15 is 0 Å². The van der Waals surface area contributed by atoms with Crippen molar-refractivity contribution >= 4 is 50.7 Å². The number of carbonyl (C=O) groups excluding carboxylic acids is 4. The molecule has 276 valence electrons. The minimum absolute atomic E-state index is 0.0148. The van der Waals surface area contributed by atoms with E-state index < -0.39 is 62.6 Å². The Kier molecular flexibility index (Phi) is 9.44. The largest absolute Gasteiger partial charge is 0.390 e. The molecular formula is C39H41N5O7S2. The fourth-order valence-electron chi connectivity index (χ4n) is 7.70. The molecule has 1 aromatic heterocycles. The zero-order valence-electron chi connectivity index (χ0n) is 29.0. The Labute approximate surface area is 312 Å². The molecule has 1 saturated heterocycles. The van der Waals surface area contributed by atoms with Crippen LogP contribution in [0.25, 0.3) is 11.1 Å². The highest BCUT2D eigenvalue weighted by molar-refractivity contribution is 7.91. The molecule has 1 unspecified atom stereocenters. The van der Waals surface area contributed by atoms with E-state index in [-0.39, 0.29) is 25.3 Å². The zero-order valence-corrected chi connectivity index (χ0v) is 30.7. The first-order chi connectivity index (χ1) is 25.6. The van der Waals surface area contributed by atoms with Gasteiger partial charge >= 0.3 is 0 Å². The van der Waals surface area contributed by atoms with E-state index in [0.717, 1.165) is 35.1 Å². The molecule has 5 aliphatic rings. The first-order valence-electron chi connectivity index (χ1n) is 18.3. The molecule has 3 aromatic rings. The fourth-order valence-corrected chi connectivity index (χ4v) is 9.69. The maximum Gasteiger partial charge on any atom is 0.261 e. The van der Waals surface area contributed by atoms with Gasteiger partial charge in [0.05, 0.1) is 16.7 Å². The number of thiophene rings is 1. The van der Waals surface area contributed by atoms with Crippen molar-refractivity contribution < 1.29 is 32.4 Å². The van der Waals surface area contributed by atoms with Gasteiger partial charge in [-0.05, 0) is 61.1 Å². The van der Waals surface area contributed by atoms with Crippen molar-refractivity contribution in [3.8, 4) is 11.1 Å². The number of nitrogens with one attached hydrogen (secondary N) is 3. The van der Waals surface area contributed by atoms with Crippen molar-refractivity contribution in [2.45, 2.75) is 86.8 Å². The predicted molar refractivity (Wildman–Crippen MR) is 199 cm³/mol. The fraction of sp³-hybridized carbons (Fsp3) is 0.410. The third kappa shape index (κ3) is 7.01. The molecule has 4 amide bonds. The van der Waals surface area contributed by atoms with Gasteiger partial charge in [0, 0.05) is 23.5 Å². The Morgan fingerprint density at radius 2 is 1.64 bits per heavy atom. The van der Waals surface area contributed by atoms with E-state index in [1.165, 1.54) is 16.2 Å². The lowest BCUT2D eigenvalue weighted by Crippen LogP contribution is -2.58. The van der Waals surface area contributed by atoms with Crippen LogP contribution in [-0.4, -0.2) is 78.2 Å². The lowest BCUT2D eigenvalue weighted by atomic mass is 10.0. The van der Waals surface area contributed by atoms with Crippen molar-refractivity contribution in [3.05, 3.63) is 94.2 Å². The summed E-state index contributed by atoms with van der Waals surface area (Å²) in [6.07, 6.45) is 7.80. The highest BCUT2D eigenvalue weighted by atomic mass is 32.2. The van der Waals surface area contributed by atoms with Crippen LogP contribution in [0, 0.1) is 5.92 Å². The summed E-state index contributed by atoms with van der Waals surface area (Å²) in [6.45, 7) is 0.0148. The Morgan fingerprint density at radius 3 is 2.32 bits per heavy atom. The lowest BCUT2D eigenvalue weighted by molar-refractivity contribution is -0.141. The van der Waals surface area contributed by atoms with Gasteiger partial charge in [-0.15, -0.1) is 11.3 Å². The number of sulfonamides is 1. The smallest absolute Gasteiger partial charge is 0.261 e. The molecular weight excluding hydrogens is 715 g/mol. The average Bonchev–Trinajstić information content (AvgIpc) is 3.96. The standard InChI is InChI=1S/C39H41N5O7S2/c45-35-32-21-25(51-42-34-29-14-8-6-12-27(29)28-13-7-9-15-30(28)34)23-44(32)37(47)31(40-36(46)33-17-10-20-52-33)16-5-3-1-2-4-11-24-22-39(24,41-35)38(48)43-53(49,50)26-18-19-26/h4,6-15,17,20,24-26,31-32H,1-3,5,16,18-19,21-23H2,(H,40,46)(H,41,45)(H,43,48)/b11-4-/t24?,25-,31+,32+,39-/m1/s1. The minimum Gasteiger partial charge on any atom is -0.390 e. The van der Waals surface area contributed by atoms with Gasteiger partial charge in [0.1, 0.15) is 29.4 Å². The van der Waals surface area contributed by atoms with Crippen LogP contribution in [-0.2, 0) is 29.2 Å². The van der Waals surface area contributed by atoms with Gasteiger partial charge in [0.25, 0.3) is 11.8 Å². The number of benzene rings is 2. The molecule has 2 saturated carbocycles. The van der Waals surface area contributed by atoms with Gasteiger partial charge in [0.15, 0.2) is 0 Å². The summed E-state index contributed by atoms with van der Waals surface area (Å²) in [5, 5.41) is 11.6. The molecule has 12 nitrogen and oxygen atoms in total. The molecule has 3 N–H and O–H groups in total.